The molecule has 2 aromatic carbocycles. The summed E-state index contributed by atoms with van der Waals surface area (Å²) in [5, 5.41) is 11.0. The van der Waals surface area contributed by atoms with Gasteiger partial charge in [-0.15, -0.1) is 0 Å². The predicted molar refractivity (Wildman–Crippen MR) is 104 cm³/mol. The van der Waals surface area contributed by atoms with Crippen LogP contribution in [-0.4, -0.2) is 28.9 Å². The summed E-state index contributed by atoms with van der Waals surface area (Å²) in [4.78, 5) is 26.1. The maximum Gasteiger partial charge on any atom is 0.198 e. The Kier molecular flexibility index (Phi) is 4.44. The zero-order valence-corrected chi connectivity index (χ0v) is 16.1. The molecule has 2 atom stereocenters. The van der Waals surface area contributed by atoms with Gasteiger partial charge in [-0.2, -0.15) is 0 Å². The van der Waals surface area contributed by atoms with Gasteiger partial charge in [0.25, 0.3) is 0 Å². The lowest BCUT2D eigenvalue weighted by Crippen LogP contribution is -2.23. The van der Waals surface area contributed by atoms with Crippen molar-refractivity contribution in [2.45, 2.75) is 45.7 Å². The zero-order valence-electron chi connectivity index (χ0n) is 16.1. The second kappa shape index (κ2) is 6.69. The standard InChI is InChI=1S/C23H22O5/c1-11(2)9-16-17(23-27-12(3)13(4)28-23)10-18-19(22(16)26)21(25)15-8-6-5-7-14(15)20(18)24/h5-8,10,12-13,23,26H,1,9H2,2-4H3/t12-,13-/m1/s1. The molecule has 1 heterocycles. The van der Waals surface area contributed by atoms with Crippen LogP contribution >= 0.6 is 0 Å². The smallest absolute Gasteiger partial charge is 0.198 e. The van der Waals surface area contributed by atoms with E-state index in [4.69, 9.17) is 9.47 Å². The number of carbonyl (C=O) groups is 2. The van der Waals surface area contributed by atoms with Gasteiger partial charge in [0.05, 0.1) is 17.8 Å². The van der Waals surface area contributed by atoms with Crippen molar-refractivity contribution in [2.24, 2.45) is 0 Å². The normalized spacial score (nSPS) is 21.5. The Balaban J connectivity index is 1.94. The van der Waals surface area contributed by atoms with Gasteiger partial charge in [-0.3, -0.25) is 9.59 Å². The summed E-state index contributed by atoms with van der Waals surface area (Å²) in [5.74, 6) is -0.835. The Morgan fingerprint density at radius 1 is 1.04 bits per heavy atom. The SMILES string of the molecule is C=C(C)Cc1c(C2O[C@H](C)[C@@H](C)O2)cc2c(c1O)C(=O)c1ccccc1C2=O. The molecule has 1 N–H and O–H groups in total. The summed E-state index contributed by atoms with van der Waals surface area (Å²) in [7, 11) is 0. The van der Waals surface area contributed by atoms with Gasteiger partial charge >= 0.3 is 0 Å². The third-order valence-corrected chi connectivity index (χ3v) is 5.40. The Hall–Kier alpha value is -2.76. The van der Waals surface area contributed by atoms with Gasteiger partial charge < -0.3 is 14.6 Å². The topological polar surface area (TPSA) is 72.8 Å². The minimum Gasteiger partial charge on any atom is -0.507 e. The number of phenols is 1. The number of hydrogen-bond donors (Lipinski definition) is 1. The molecule has 2 aliphatic rings. The highest BCUT2D eigenvalue weighted by Gasteiger charge is 2.38. The maximum atomic E-state index is 13.1. The molecule has 1 fully saturated rings. The molecule has 0 spiro atoms. The lowest BCUT2D eigenvalue weighted by atomic mass is 9.80. The molecular formula is C23H22O5. The summed E-state index contributed by atoms with van der Waals surface area (Å²) in [6.07, 6.45) is -0.614. The Bertz CT molecular complexity index is 1010. The van der Waals surface area contributed by atoms with E-state index in [0.29, 0.717) is 28.7 Å². The van der Waals surface area contributed by atoms with Crippen molar-refractivity contribution in [1.82, 2.24) is 0 Å². The van der Waals surface area contributed by atoms with E-state index < -0.39 is 6.29 Å². The van der Waals surface area contributed by atoms with Crippen LogP contribution in [0, 0.1) is 0 Å². The van der Waals surface area contributed by atoms with E-state index in [1.165, 1.54) is 0 Å². The van der Waals surface area contributed by atoms with Gasteiger partial charge in [-0.1, -0.05) is 36.4 Å². The first kappa shape index (κ1) is 18.6. The lowest BCUT2D eigenvalue weighted by molar-refractivity contribution is -0.0659. The molecule has 1 aliphatic heterocycles. The Morgan fingerprint density at radius 2 is 1.61 bits per heavy atom. The molecule has 0 aromatic heterocycles. The number of phenolic OH excluding ortho intramolecular Hbond substituents is 1. The van der Waals surface area contributed by atoms with Gasteiger partial charge in [0, 0.05) is 27.8 Å². The first-order valence-corrected chi connectivity index (χ1v) is 9.32. The minimum atomic E-state index is -0.712. The van der Waals surface area contributed by atoms with Gasteiger partial charge in [-0.25, -0.2) is 0 Å². The monoisotopic (exact) mass is 378 g/mol. The maximum absolute atomic E-state index is 13.1. The Morgan fingerprint density at radius 3 is 2.18 bits per heavy atom. The second-order valence-corrected chi connectivity index (χ2v) is 7.57. The van der Waals surface area contributed by atoms with Crippen molar-refractivity contribution in [3.05, 3.63) is 75.9 Å². The van der Waals surface area contributed by atoms with Crippen LogP contribution < -0.4 is 0 Å². The molecule has 144 valence electrons. The van der Waals surface area contributed by atoms with Gasteiger partial charge in [0.1, 0.15) is 5.75 Å². The molecule has 0 saturated carbocycles. The second-order valence-electron chi connectivity index (χ2n) is 7.57. The fraction of sp³-hybridized carbons (Fsp3) is 0.304. The summed E-state index contributed by atoms with van der Waals surface area (Å²) in [5.41, 5.74) is 2.76. The van der Waals surface area contributed by atoms with E-state index in [9.17, 15) is 14.7 Å². The quantitative estimate of drug-likeness (QED) is 0.695. The number of hydrogen-bond acceptors (Lipinski definition) is 5. The van der Waals surface area contributed by atoms with Gasteiger partial charge in [0.15, 0.2) is 17.9 Å². The molecule has 0 bridgehead atoms. The molecule has 0 amide bonds. The number of benzene rings is 2. The minimum absolute atomic E-state index is 0.0443. The molecule has 0 unspecified atom stereocenters. The van der Waals surface area contributed by atoms with Crippen LogP contribution in [0.2, 0.25) is 0 Å². The van der Waals surface area contributed by atoms with Crippen molar-refractivity contribution in [1.29, 1.82) is 0 Å². The number of fused-ring (bicyclic) bond motifs is 2. The molecule has 1 aliphatic carbocycles. The largest absolute Gasteiger partial charge is 0.507 e. The van der Waals surface area contributed by atoms with Crippen molar-refractivity contribution < 1.29 is 24.2 Å². The summed E-state index contributed by atoms with van der Waals surface area (Å²) in [6, 6.07) is 8.30. The van der Waals surface area contributed by atoms with Crippen molar-refractivity contribution in [3.8, 4) is 5.75 Å². The highest BCUT2D eigenvalue weighted by molar-refractivity contribution is 6.29. The van der Waals surface area contributed by atoms with Gasteiger partial charge in [-0.05, 0) is 33.3 Å². The van der Waals surface area contributed by atoms with E-state index in [1.807, 2.05) is 20.8 Å². The lowest BCUT2D eigenvalue weighted by Gasteiger charge is -2.24. The number of allylic oxidation sites excluding steroid dienone is 1. The van der Waals surface area contributed by atoms with Crippen LogP contribution in [-0.2, 0) is 15.9 Å². The van der Waals surface area contributed by atoms with Crippen LogP contribution in [0.25, 0.3) is 0 Å². The van der Waals surface area contributed by atoms with Crippen molar-refractivity contribution in [2.75, 3.05) is 0 Å². The van der Waals surface area contributed by atoms with E-state index in [2.05, 4.69) is 6.58 Å². The first-order valence-electron chi connectivity index (χ1n) is 9.32. The van der Waals surface area contributed by atoms with E-state index >= 15 is 0 Å². The molecule has 1 saturated heterocycles. The molecule has 2 aromatic rings. The molecule has 0 radical (unpaired) electrons. The summed E-state index contributed by atoms with van der Waals surface area (Å²) in [6.45, 7) is 9.58. The fourth-order valence-electron chi connectivity index (χ4n) is 3.79. The molecular weight excluding hydrogens is 356 g/mol. The predicted octanol–water partition coefficient (Wildman–Crippen LogP) is 4.11. The first-order chi connectivity index (χ1) is 13.3. The number of ketones is 2. The summed E-state index contributed by atoms with van der Waals surface area (Å²) < 4.78 is 11.8. The number of ether oxygens (including phenoxy) is 2. The average Bonchev–Trinajstić information content (AvgIpc) is 2.99. The van der Waals surface area contributed by atoms with Crippen molar-refractivity contribution in [3.63, 3.8) is 0 Å². The van der Waals surface area contributed by atoms with E-state index in [0.717, 1.165) is 5.57 Å². The Labute approximate surface area is 163 Å². The molecule has 5 heteroatoms. The molecule has 4 rings (SSSR count). The van der Waals surface area contributed by atoms with Crippen LogP contribution in [0.15, 0.2) is 42.5 Å². The van der Waals surface area contributed by atoms with Crippen LogP contribution in [0.5, 0.6) is 5.75 Å². The third-order valence-electron chi connectivity index (χ3n) is 5.40. The van der Waals surface area contributed by atoms with Crippen LogP contribution in [0.3, 0.4) is 0 Å². The highest BCUT2D eigenvalue weighted by Crippen LogP contribution is 2.42. The van der Waals surface area contributed by atoms with E-state index in [-0.39, 0.29) is 40.7 Å². The molecule has 28 heavy (non-hydrogen) atoms. The van der Waals surface area contributed by atoms with Crippen molar-refractivity contribution >= 4 is 11.6 Å². The highest BCUT2D eigenvalue weighted by atomic mass is 16.7. The average molecular weight is 378 g/mol. The van der Waals surface area contributed by atoms with Crippen LogP contribution in [0.4, 0.5) is 0 Å². The van der Waals surface area contributed by atoms with E-state index in [1.54, 1.807) is 30.3 Å². The summed E-state index contributed by atoms with van der Waals surface area (Å²) >= 11 is 0. The fourth-order valence-corrected chi connectivity index (χ4v) is 3.79. The number of rotatable bonds is 3. The third kappa shape index (κ3) is 2.79. The van der Waals surface area contributed by atoms with Crippen LogP contribution in [0.1, 0.15) is 70.0 Å². The number of carbonyl (C=O) groups excluding carboxylic acids is 2. The number of aromatic hydroxyl groups is 1. The molecule has 5 nitrogen and oxygen atoms in total. The zero-order chi connectivity index (χ0) is 20.2. The van der Waals surface area contributed by atoms with Gasteiger partial charge in [0.2, 0.25) is 0 Å².